The van der Waals surface area contributed by atoms with Gasteiger partial charge >= 0.3 is 0 Å². The molecule has 0 radical (unpaired) electrons. The summed E-state index contributed by atoms with van der Waals surface area (Å²) in [6.07, 6.45) is 1.35. The molecule has 2 aromatic carbocycles. The number of rotatable bonds is 3. The number of nitrogens with one attached hydrogen (secondary N) is 1. The largest absolute Gasteiger partial charge is 0.508 e. The van der Waals surface area contributed by atoms with E-state index in [0.29, 0.717) is 0 Å². The number of phenolic OH excluding ortho intramolecular Hbond substituents is 1. The van der Waals surface area contributed by atoms with Gasteiger partial charge in [-0.3, -0.25) is 9.71 Å². The normalized spacial score (nSPS) is 11.6. The Bertz CT molecular complexity index is 987. The molecule has 118 valence electrons. The van der Waals surface area contributed by atoms with Crippen molar-refractivity contribution in [2.24, 2.45) is 0 Å². The van der Waals surface area contributed by atoms with Crippen molar-refractivity contribution in [3.05, 3.63) is 60.3 Å². The van der Waals surface area contributed by atoms with E-state index in [2.05, 4.69) is 9.71 Å². The Morgan fingerprint density at radius 2 is 1.87 bits per heavy atom. The first-order valence-corrected chi connectivity index (χ1v) is 7.91. The zero-order valence-electron chi connectivity index (χ0n) is 11.5. The molecule has 23 heavy (non-hydrogen) atoms. The van der Waals surface area contributed by atoms with Gasteiger partial charge in [0.1, 0.15) is 22.9 Å². The molecular formula is C15H10F2N2O3S. The summed E-state index contributed by atoms with van der Waals surface area (Å²) >= 11 is 0. The monoisotopic (exact) mass is 336 g/mol. The number of fused-ring (bicyclic) bond motifs is 1. The lowest BCUT2D eigenvalue weighted by molar-refractivity contribution is 0.469. The van der Waals surface area contributed by atoms with E-state index < -0.39 is 27.4 Å². The van der Waals surface area contributed by atoms with E-state index in [1.54, 1.807) is 0 Å². The highest BCUT2D eigenvalue weighted by Crippen LogP contribution is 2.27. The standard InChI is InChI=1S/C15H10F2N2O3S/c16-9-6-10(8-11(20)7-9)19-23(21,22)14-4-3-13(17)15-12(14)2-1-5-18-15/h1-8,19-20H. The average molecular weight is 336 g/mol. The first-order chi connectivity index (χ1) is 10.9. The number of phenols is 1. The van der Waals surface area contributed by atoms with Gasteiger partial charge in [-0.05, 0) is 30.3 Å². The van der Waals surface area contributed by atoms with Crippen LogP contribution >= 0.6 is 0 Å². The number of aromatic hydroxyl groups is 1. The summed E-state index contributed by atoms with van der Waals surface area (Å²) in [5.74, 6) is -1.87. The van der Waals surface area contributed by atoms with Crippen LogP contribution < -0.4 is 4.72 Å². The van der Waals surface area contributed by atoms with Crippen molar-refractivity contribution < 1.29 is 22.3 Å². The zero-order chi connectivity index (χ0) is 16.6. The first-order valence-electron chi connectivity index (χ1n) is 6.42. The highest BCUT2D eigenvalue weighted by atomic mass is 32.2. The van der Waals surface area contributed by atoms with Crippen molar-refractivity contribution in [2.45, 2.75) is 4.90 Å². The van der Waals surface area contributed by atoms with Crippen molar-refractivity contribution in [2.75, 3.05) is 4.72 Å². The van der Waals surface area contributed by atoms with Crippen LogP contribution in [0.3, 0.4) is 0 Å². The van der Waals surface area contributed by atoms with Gasteiger partial charge in [-0.25, -0.2) is 17.2 Å². The van der Waals surface area contributed by atoms with E-state index in [-0.39, 0.29) is 21.5 Å². The number of anilines is 1. The quantitative estimate of drug-likeness (QED) is 0.770. The Morgan fingerprint density at radius 3 is 2.61 bits per heavy atom. The molecule has 3 rings (SSSR count). The minimum atomic E-state index is -4.12. The molecule has 1 aromatic heterocycles. The minimum absolute atomic E-state index is 0.0857. The predicted octanol–water partition coefficient (Wildman–Crippen LogP) is 3.02. The SMILES string of the molecule is O=S(=O)(Nc1cc(O)cc(F)c1)c1ccc(F)c2ncccc12. The molecule has 0 aliphatic rings. The third kappa shape index (κ3) is 2.93. The summed E-state index contributed by atoms with van der Waals surface area (Å²) in [6.45, 7) is 0. The maximum absolute atomic E-state index is 13.7. The number of sulfonamides is 1. The van der Waals surface area contributed by atoms with Gasteiger partial charge in [0.15, 0.2) is 0 Å². The van der Waals surface area contributed by atoms with Crippen LogP contribution in [0.25, 0.3) is 10.9 Å². The lowest BCUT2D eigenvalue weighted by Crippen LogP contribution is -2.14. The Balaban J connectivity index is 2.12. The second-order valence-corrected chi connectivity index (χ2v) is 6.40. The summed E-state index contributed by atoms with van der Waals surface area (Å²) in [6, 6.07) is 7.81. The Labute approximate surface area is 130 Å². The van der Waals surface area contributed by atoms with E-state index in [0.717, 1.165) is 30.3 Å². The number of nitrogens with zero attached hydrogens (tertiary/aromatic N) is 1. The first kappa shape index (κ1) is 15.2. The van der Waals surface area contributed by atoms with Crippen molar-refractivity contribution in [1.29, 1.82) is 0 Å². The molecule has 5 nitrogen and oxygen atoms in total. The van der Waals surface area contributed by atoms with E-state index >= 15 is 0 Å². The molecule has 0 spiro atoms. The van der Waals surface area contributed by atoms with Crippen molar-refractivity contribution in [3.8, 4) is 5.75 Å². The molecule has 0 saturated heterocycles. The zero-order valence-corrected chi connectivity index (χ0v) is 12.3. The summed E-state index contributed by atoms with van der Waals surface area (Å²) < 4.78 is 54.1. The number of hydrogen-bond acceptors (Lipinski definition) is 4. The van der Waals surface area contributed by atoms with E-state index in [1.807, 2.05) is 0 Å². The fourth-order valence-electron chi connectivity index (χ4n) is 2.19. The predicted molar refractivity (Wildman–Crippen MR) is 80.6 cm³/mol. The van der Waals surface area contributed by atoms with E-state index in [4.69, 9.17) is 0 Å². The van der Waals surface area contributed by atoms with Gasteiger partial charge in [0, 0.05) is 23.7 Å². The summed E-state index contributed by atoms with van der Waals surface area (Å²) in [7, 11) is -4.12. The molecule has 0 saturated carbocycles. The fourth-order valence-corrected chi connectivity index (χ4v) is 3.43. The maximum atomic E-state index is 13.7. The minimum Gasteiger partial charge on any atom is -0.508 e. The van der Waals surface area contributed by atoms with Gasteiger partial charge in [-0.2, -0.15) is 0 Å². The highest BCUT2D eigenvalue weighted by Gasteiger charge is 2.20. The van der Waals surface area contributed by atoms with Gasteiger partial charge in [-0.15, -0.1) is 0 Å². The highest BCUT2D eigenvalue weighted by molar-refractivity contribution is 7.93. The van der Waals surface area contributed by atoms with Crippen molar-refractivity contribution in [1.82, 2.24) is 4.98 Å². The molecule has 0 aliphatic carbocycles. The number of aromatic nitrogens is 1. The fraction of sp³-hybridized carbons (Fsp3) is 0. The Kier molecular flexibility index (Phi) is 3.61. The van der Waals surface area contributed by atoms with Gasteiger partial charge < -0.3 is 5.11 Å². The molecule has 8 heteroatoms. The molecule has 3 aromatic rings. The van der Waals surface area contributed by atoms with Crippen LogP contribution in [-0.4, -0.2) is 18.5 Å². The summed E-state index contributed by atoms with van der Waals surface area (Å²) in [5.41, 5.74) is -0.235. The molecule has 0 atom stereocenters. The van der Waals surface area contributed by atoms with Crippen molar-refractivity contribution in [3.63, 3.8) is 0 Å². The van der Waals surface area contributed by atoms with Crippen LogP contribution in [-0.2, 0) is 10.0 Å². The second-order valence-electron chi connectivity index (χ2n) is 4.75. The van der Waals surface area contributed by atoms with Gasteiger partial charge in [0.2, 0.25) is 0 Å². The third-order valence-electron chi connectivity index (χ3n) is 3.10. The lowest BCUT2D eigenvalue weighted by atomic mass is 10.2. The molecule has 0 unspecified atom stereocenters. The number of hydrogen-bond donors (Lipinski definition) is 2. The lowest BCUT2D eigenvalue weighted by Gasteiger charge is -2.11. The molecular weight excluding hydrogens is 326 g/mol. The van der Waals surface area contributed by atoms with Crippen LogP contribution in [0.15, 0.2) is 53.6 Å². The van der Waals surface area contributed by atoms with Gasteiger partial charge in [0.25, 0.3) is 10.0 Å². The summed E-state index contributed by atoms with van der Waals surface area (Å²) in [5, 5.41) is 9.43. The Morgan fingerprint density at radius 1 is 1.09 bits per heavy atom. The Hall–Kier alpha value is -2.74. The van der Waals surface area contributed by atoms with Crippen LogP contribution in [0.4, 0.5) is 14.5 Å². The van der Waals surface area contributed by atoms with Gasteiger partial charge in [-0.1, -0.05) is 0 Å². The van der Waals surface area contributed by atoms with Crippen LogP contribution in [0.5, 0.6) is 5.75 Å². The van der Waals surface area contributed by atoms with Crippen LogP contribution in [0.2, 0.25) is 0 Å². The van der Waals surface area contributed by atoms with E-state index in [9.17, 15) is 22.3 Å². The molecule has 0 aliphatic heterocycles. The summed E-state index contributed by atoms with van der Waals surface area (Å²) in [4.78, 5) is 3.62. The number of benzene rings is 2. The smallest absolute Gasteiger partial charge is 0.262 e. The van der Waals surface area contributed by atoms with Crippen LogP contribution in [0, 0.1) is 11.6 Å². The maximum Gasteiger partial charge on any atom is 0.262 e. The second kappa shape index (κ2) is 5.47. The van der Waals surface area contributed by atoms with E-state index in [1.165, 1.54) is 18.3 Å². The van der Waals surface area contributed by atoms with Crippen LogP contribution in [0.1, 0.15) is 0 Å². The molecule has 0 bridgehead atoms. The topological polar surface area (TPSA) is 79.3 Å². The molecule has 0 amide bonds. The van der Waals surface area contributed by atoms with Gasteiger partial charge in [0.05, 0.1) is 10.6 Å². The third-order valence-corrected chi connectivity index (χ3v) is 4.54. The molecule has 2 N–H and O–H groups in total. The number of halogens is 2. The van der Waals surface area contributed by atoms with Crippen molar-refractivity contribution >= 4 is 26.6 Å². The number of pyridine rings is 1. The molecule has 1 heterocycles. The average Bonchev–Trinajstić information content (AvgIpc) is 2.46. The molecule has 0 fully saturated rings.